The number of amides is 1. The van der Waals surface area contributed by atoms with E-state index in [-0.39, 0.29) is 12.6 Å². The molecular weight excluding hydrogens is 322 g/mol. The van der Waals surface area contributed by atoms with Crippen LogP contribution in [0.25, 0.3) is 6.08 Å². The lowest BCUT2D eigenvalue weighted by atomic mass is 9.76. The Labute approximate surface area is 146 Å². The van der Waals surface area contributed by atoms with E-state index in [4.69, 9.17) is 15.5 Å². The molecule has 1 saturated carbocycles. The van der Waals surface area contributed by atoms with Crippen LogP contribution in [0.3, 0.4) is 0 Å². The Morgan fingerprint density at radius 1 is 1.40 bits per heavy atom. The quantitative estimate of drug-likeness (QED) is 0.681. The Morgan fingerprint density at radius 2 is 2.12 bits per heavy atom. The van der Waals surface area contributed by atoms with Gasteiger partial charge in [0.05, 0.1) is 36.9 Å². The molecular formula is C18H25N3O4. The Hall–Kier alpha value is -2.28. The first-order chi connectivity index (χ1) is 11.9. The molecule has 3 rings (SSSR count). The van der Waals surface area contributed by atoms with Crippen molar-refractivity contribution in [2.24, 2.45) is 10.9 Å². The summed E-state index contributed by atoms with van der Waals surface area (Å²) in [4.78, 5) is 16.0. The average Bonchev–Trinajstić information content (AvgIpc) is 3.02. The molecule has 1 aliphatic heterocycles. The van der Waals surface area contributed by atoms with Crippen molar-refractivity contribution in [2.45, 2.75) is 37.3 Å². The predicted molar refractivity (Wildman–Crippen MR) is 93.8 cm³/mol. The maximum atomic E-state index is 11.2. The van der Waals surface area contributed by atoms with Crippen LogP contribution in [0.2, 0.25) is 0 Å². The monoisotopic (exact) mass is 347 g/mol. The van der Waals surface area contributed by atoms with Crippen LogP contribution in [-0.2, 0) is 4.74 Å². The summed E-state index contributed by atoms with van der Waals surface area (Å²) in [6.45, 7) is 0.214. The van der Waals surface area contributed by atoms with Crippen molar-refractivity contribution in [3.05, 3.63) is 22.7 Å². The number of ether oxygens (including phenoxy) is 2. The molecule has 0 radical (unpaired) electrons. The number of carbonyl (C=O) groups excluding carboxylic acids is 1. The molecule has 1 amide bonds. The number of anilines is 1. The zero-order chi connectivity index (χ0) is 18.0. The van der Waals surface area contributed by atoms with Crippen LogP contribution in [0.5, 0.6) is 5.75 Å². The number of methoxy groups -OCH3 is 2. The van der Waals surface area contributed by atoms with Crippen molar-refractivity contribution in [3.63, 3.8) is 0 Å². The molecule has 7 heteroatoms. The molecule has 2 aliphatic rings. The molecule has 25 heavy (non-hydrogen) atoms. The topological polar surface area (TPSA) is 106 Å². The number of rotatable bonds is 4. The summed E-state index contributed by atoms with van der Waals surface area (Å²) >= 11 is 0. The Kier molecular flexibility index (Phi) is 4.85. The van der Waals surface area contributed by atoms with Gasteiger partial charge < -0.3 is 25.6 Å². The number of nitrogens with one attached hydrogen (secondary N) is 1. The number of nitrogens with two attached hydrogens (primary N) is 1. The van der Waals surface area contributed by atoms with Crippen LogP contribution in [0.1, 0.15) is 25.7 Å². The van der Waals surface area contributed by atoms with Crippen molar-refractivity contribution < 1.29 is 19.4 Å². The number of hydrogen-bond acceptors (Lipinski definition) is 6. The van der Waals surface area contributed by atoms with E-state index in [1.165, 1.54) is 7.11 Å². The minimum Gasteiger partial charge on any atom is -0.495 e. The summed E-state index contributed by atoms with van der Waals surface area (Å²) in [6, 6.07) is 3.87. The van der Waals surface area contributed by atoms with Gasteiger partial charge in [0, 0.05) is 17.8 Å². The second-order valence-electron chi connectivity index (χ2n) is 6.85. The van der Waals surface area contributed by atoms with Crippen LogP contribution in [0, 0.1) is 5.92 Å². The number of nitrogens with zero attached hydrogens (tertiary/aromatic N) is 1. The van der Waals surface area contributed by atoms with Crippen LogP contribution < -0.4 is 26.4 Å². The van der Waals surface area contributed by atoms with E-state index in [2.05, 4.69) is 16.1 Å². The second kappa shape index (κ2) is 6.92. The number of fused-ring (bicyclic) bond motifs is 1. The largest absolute Gasteiger partial charge is 0.495 e. The van der Waals surface area contributed by atoms with E-state index < -0.39 is 11.7 Å². The number of aliphatic hydroxyl groups is 1. The lowest BCUT2D eigenvalue weighted by molar-refractivity contribution is -0.00857. The van der Waals surface area contributed by atoms with Crippen LogP contribution in [0.4, 0.5) is 10.5 Å². The van der Waals surface area contributed by atoms with Gasteiger partial charge in [0.2, 0.25) is 0 Å². The fourth-order valence-corrected chi connectivity index (χ4v) is 3.65. The van der Waals surface area contributed by atoms with E-state index in [9.17, 15) is 9.90 Å². The van der Waals surface area contributed by atoms with Gasteiger partial charge in [0.1, 0.15) is 5.75 Å². The van der Waals surface area contributed by atoms with E-state index in [1.54, 1.807) is 7.11 Å². The van der Waals surface area contributed by atoms with Crippen molar-refractivity contribution in [2.75, 3.05) is 26.5 Å². The standard InChI is InChI=1S/C18H25N3O4/c1-24-16-9-15-12(7-13(16)19)8-14(21-15)11-3-5-18(23,6-4-11)10-20-17(22)25-2/h7-9,11,14,23H,3-6,10,19H2,1-2H3,(H,20,22). The van der Waals surface area contributed by atoms with Gasteiger partial charge in [0.15, 0.2) is 0 Å². The molecule has 4 N–H and O–H groups in total. The molecule has 1 heterocycles. The average molecular weight is 347 g/mol. The summed E-state index contributed by atoms with van der Waals surface area (Å²) in [5.74, 6) is 1.02. The zero-order valence-corrected chi connectivity index (χ0v) is 14.6. The van der Waals surface area contributed by atoms with Gasteiger partial charge in [-0.3, -0.25) is 4.99 Å². The van der Waals surface area contributed by atoms with Crippen LogP contribution in [0.15, 0.2) is 17.1 Å². The summed E-state index contributed by atoms with van der Waals surface area (Å²) < 4.78 is 9.81. The third-order valence-corrected chi connectivity index (χ3v) is 5.21. The third-order valence-electron chi connectivity index (χ3n) is 5.21. The number of nitrogen functional groups attached to an aromatic ring is 1. The summed E-state index contributed by atoms with van der Waals surface area (Å²) in [6.07, 6.45) is 4.59. The molecule has 136 valence electrons. The van der Waals surface area contributed by atoms with Gasteiger partial charge in [-0.1, -0.05) is 6.08 Å². The molecule has 1 unspecified atom stereocenters. The second-order valence-corrected chi connectivity index (χ2v) is 6.85. The molecule has 0 spiro atoms. The van der Waals surface area contributed by atoms with Crippen molar-refractivity contribution >= 4 is 17.9 Å². The fraction of sp³-hybridized carbons (Fsp3) is 0.556. The van der Waals surface area contributed by atoms with E-state index in [1.807, 2.05) is 12.1 Å². The molecule has 1 atom stereocenters. The summed E-state index contributed by atoms with van der Waals surface area (Å²) in [5.41, 5.74) is 5.71. The maximum Gasteiger partial charge on any atom is 0.406 e. The number of benzene rings is 1. The molecule has 0 bridgehead atoms. The SMILES string of the molecule is COC(=O)NCC1(O)CCC(C2C=c3cc(N)c(OC)cc3=N2)CC1. The minimum absolute atomic E-state index is 0.0969. The molecule has 1 aliphatic carbocycles. The maximum absolute atomic E-state index is 11.2. The molecule has 1 aromatic rings. The molecule has 1 fully saturated rings. The third kappa shape index (κ3) is 3.71. The highest BCUT2D eigenvalue weighted by Gasteiger charge is 2.36. The van der Waals surface area contributed by atoms with E-state index in [0.717, 1.165) is 23.4 Å². The van der Waals surface area contributed by atoms with E-state index >= 15 is 0 Å². The highest BCUT2D eigenvalue weighted by atomic mass is 16.5. The van der Waals surface area contributed by atoms with E-state index in [0.29, 0.717) is 30.2 Å². The van der Waals surface area contributed by atoms with Gasteiger partial charge in [-0.2, -0.15) is 0 Å². The normalized spacial score (nSPS) is 27.6. The fourth-order valence-electron chi connectivity index (χ4n) is 3.65. The highest BCUT2D eigenvalue weighted by Crippen LogP contribution is 2.35. The Bertz CT molecular complexity index is 769. The first-order valence-corrected chi connectivity index (χ1v) is 8.51. The molecule has 0 aromatic heterocycles. The molecule has 0 saturated heterocycles. The van der Waals surface area contributed by atoms with Gasteiger partial charge >= 0.3 is 6.09 Å². The Balaban J connectivity index is 1.65. The van der Waals surface area contributed by atoms with Gasteiger partial charge in [0.25, 0.3) is 0 Å². The highest BCUT2D eigenvalue weighted by molar-refractivity contribution is 5.66. The minimum atomic E-state index is -0.871. The number of hydrogen-bond donors (Lipinski definition) is 3. The zero-order valence-electron chi connectivity index (χ0n) is 14.6. The molecule has 7 nitrogen and oxygen atoms in total. The predicted octanol–water partition coefficient (Wildman–Crippen LogP) is 0.337. The van der Waals surface area contributed by atoms with Crippen molar-refractivity contribution in [1.82, 2.24) is 5.32 Å². The number of carbonyl (C=O) groups is 1. The first kappa shape index (κ1) is 17.5. The number of alkyl carbamates (subject to hydrolysis) is 1. The smallest absolute Gasteiger partial charge is 0.406 e. The Morgan fingerprint density at radius 3 is 2.76 bits per heavy atom. The van der Waals surface area contributed by atoms with Crippen LogP contribution in [-0.4, -0.2) is 43.6 Å². The van der Waals surface area contributed by atoms with Crippen molar-refractivity contribution in [1.29, 1.82) is 0 Å². The van der Waals surface area contributed by atoms with Crippen molar-refractivity contribution in [3.8, 4) is 5.75 Å². The van der Waals surface area contributed by atoms with Crippen LogP contribution >= 0.6 is 0 Å². The lowest BCUT2D eigenvalue weighted by Gasteiger charge is -2.37. The summed E-state index contributed by atoms with van der Waals surface area (Å²) in [5, 5.41) is 15.1. The lowest BCUT2D eigenvalue weighted by Crippen LogP contribution is -2.46. The summed E-state index contributed by atoms with van der Waals surface area (Å²) in [7, 11) is 2.91. The first-order valence-electron chi connectivity index (χ1n) is 8.51. The van der Waals surface area contributed by atoms with Gasteiger partial charge in [-0.25, -0.2) is 4.79 Å². The van der Waals surface area contributed by atoms with Gasteiger partial charge in [-0.05, 0) is 37.7 Å². The van der Waals surface area contributed by atoms with Gasteiger partial charge in [-0.15, -0.1) is 0 Å². The molecule has 1 aromatic carbocycles.